The van der Waals surface area contributed by atoms with Gasteiger partial charge in [-0.05, 0) is 37.1 Å². The zero-order valence-corrected chi connectivity index (χ0v) is 11.3. The van der Waals surface area contributed by atoms with Crippen molar-refractivity contribution >= 4 is 5.91 Å². The average Bonchev–Trinajstić information content (AvgIpc) is 2.86. The predicted octanol–water partition coefficient (Wildman–Crippen LogP) is 2.07. The Labute approximate surface area is 114 Å². The molecule has 2 rings (SSSR count). The number of aliphatic hydroxyl groups is 1. The highest BCUT2D eigenvalue weighted by Gasteiger charge is 2.25. The van der Waals surface area contributed by atoms with Crippen LogP contribution in [-0.2, 0) is 0 Å². The van der Waals surface area contributed by atoms with Gasteiger partial charge in [-0.1, -0.05) is 13.3 Å². The van der Waals surface area contributed by atoms with Crippen molar-refractivity contribution in [1.29, 1.82) is 0 Å². The van der Waals surface area contributed by atoms with Crippen molar-refractivity contribution in [2.45, 2.75) is 32.3 Å². The Hall–Kier alpha value is -1.55. The van der Waals surface area contributed by atoms with Gasteiger partial charge in [-0.25, -0.2) is 0 Å². The zero-order chi connectivity index (χ0) is 13.7. The number of unbranched alkanes of at least 4 members (excludes halogenated alkanes) is 1. The van der Waals surface area contributed by atoms with Crippen LogP contribution in [0.2, 0.25) is 0 Å². The molecule has 4 nitrogen and oxygen atoms in total. The normalized spacial score (nSPS) is 18.6. The molecule has 0 aliphatic carbocycles. The first-order chi connectivity index (χ1) is 9.20. The lowest BCUT2D eigenvalue weighted by Crippen LogP contribution is -2.29. The summed E-state index contributed by atoms with van der Waals surface area (Å²) in [6, 6.07) is 7.23. The highest BCUT2D eigenvalue weighted by molar-refractivity contribution is 5.94. The first kappa shape index (κ1) is 13.9. The van der Waals surface area contributed by atoms with Crippen LogP contribution in [0.25, 0.3) is 0 Å². The van der Waals surface area contributed by atoms with Gasteiger partial charge >= 0.3 is 0 Å². The lowest BCUT2D eigenvalue weighted by atomic mass is 10.2. The van der Waals surface area contributed by atoms with Gasteiger partial charge in [0.2, 0.25) is 0 Å². The number of ether oxygens (including phenoxy) is 1. The summed E-state index contributed by atoms with van der Waals surface area (Å²) >= 11 is 0. The molecule has 1 N–H and O–H groups in total. The van der Waals surface area contributed by atoms with Gasteiger partial charge in [-0.2, -0.15) is 0 Å². The maximum absolute atomic E-state index is 12.1. The molecule has 1 aliphatic rings. The number of hydrogen-bond donors (Lipinski definition) is 1. The van der Waals surface area contributed by atoms with Crippen LogP contribution < -0.4 is 4.74 Å². The number of rotatable bonds is 5. The number of hydrogen-bond acceptors (Lipinski definition) is 3. The third-order valence-corrected chi connectivity index (χ3v) is 3.32. The lowest BCUT2D eigenvalue weighted by molar-refractivity contribution is 0.0765. The second kappa shape index (κ2) is 6.57. The minimum absolute atomic E-state index is 0.0170. The highest BCUT2D eigenvalue weighted by Crippen LogP contribution is 2.17. The summed E-state index contributed by atoms with van der Waals surface area (Å²) in [4.78, 5) is 13.8. The maximum Gasteiger partial charge on any atom is 0.253 e. The SMILES string of the molecule is CCCCOc1ccc(C(=O)N2CCC(O)C2)cc1. The van der Waals surface area contributed by atoms with Crippen molar-refractivity contribution in [2.75, 3.05) is 19.7 Å². The van der Waals surface area contributed by atoms with E-state index < -0.39 is 0 Å². The van der Waals surface area contributed by atoms with E-state index in [9.17, 15) is 9.90 Å². The monoisotopic (exact) mass is 263 g/mol. The molecule has 1 aromatic rings. The topological polar surface area (TPSA) is 49.8 Å². The van der Waals surface area contributed by atoms with Crippen LogP contribution in [0.3, 0.4) is 0 Å². The smallest absolute Gasteiger partial charge is 0.253 e. The quantitative estimate of drug-likeness (QED) is 0.827. The van der Waals surface area contributed by atoms with E-state index in [2.05, 4.69) is 6.92 Å². The van der Waals surface area contributed by atoms with Gasteiger partial charge in [0.25, 0.3) is 5.91 Å². The lowest BCUT2D eigenvalue weighted by Gasteiger charge is -2.15. The van der Waals surface area contributed by atoms with Crippen LogP contribution in [-0.4, -0.2) is 41.7 Å². The summed E-state index contributed by atoms with van der Waals surface area (Å²) in [5.41, 5.74) is 0.650. The number of carbonyl (C=O) groups is 1. The molecule has 1 saturated heterocycles. The van der Waals surface area contributed by atoms with Crippen molar-refractivity contribution < 1.29 is 14.6 Å². The minimum Gasteiger partial charge on any atom is -0.494 e. The molecule has 4 heteroatoms. The van der Waals surface area contributed by atoms with E-state index in [0.29, 0.717) is 31.7 Å². The van der Waals surface area contributed by atoms with Crippen LogP contribution in [0.1, 0.15) is 36.5 Å². The molecule has 1 atom stereocenters. The average molecular weight is 263 g/mol. The Kier molecular flexibility index (Phi) is 4.80. The van der Waals surface area contributed by atoms with Gasteiger partial charge in [0, 0.05) is 18.7 Å². The fourth-order valence-corrected chi connectivity index (χ4v) is 2.14. The fourth-order valence-electron chi connectivity index (χ4n) is 2.14. The standard InChI is InChI=1S/C15H21NO3/c1-2-3-10-19-14-6-4-12(5-7-14)15(18)16-9-8-13(17)11-16/h4-7,13,17H,2-3,8-11H2,1H3. The third-order valence-electron chi connectivity index (χ3n) is 3.32. The second-order valence-corrected chi connectivity index (χ2v) is 4.92. The van der Waals surface area contributed by atoms with E-state index in [4.69, 9.17) is 4.74 Å². The van der Waals surface area contributed by atoms with Crippen molar-refractivity contribution in [3.8, 4) is 5.75 Å². The van der Waals surface area contributed by atoms with E-state index in [1.54, 1.807) is 17.0 Å². The summed E-state index contributed by atoms with van der Waals surface area (Å²) in [5.74, 6) is 0.781. The molecule has 0 spiro atoms. The van der Waals surface area contributed by atoms with E-state index in [0.717, 1.165) is 18.6 Å². The van der Waals surface area contributed by atoms with Crippen molar-refractivity contribution in [1.82, 2.24) is 4.90 Å². The number of carbonyl (C=O) groups excluding carboxylic acids is 1. The zero-order valence-electron chi connectivity index (χ0n) is 11.3. The first-order valence-electron chi connectivity index (χ1n) is 6.91. The Morgan fingerprint density at radius 2 is 2.16 bits per heavy atom. The molecule has 1 fully saturated rings. The molecule has 104 valence electrons. The molecule has 0 radical (unpaired) electrons. The van der Waals surface area contributed by atoms with Crippen LogP contribution in [0, 0.1) is 0 Å². The number of benzene rings is 1. The predicted molar refractivity (Wildman–Crippen MR) is 73.4 cm³/mol. The maximum atomic E-state index is 12.1. The Bertz CT molecular complexity index is 416. The van der Waals surface area contributed by atoms with Crippen molar-refractivity contribution in [3.05, 3.63) is 29.8 Å². The minimum atomic E-state index is -0.374. The van der Waals surface area contributed by atoms with Gasteiger partial charge in [0.05, 0.1) is 12.7 Å². The Morgan fingerprint density at radius 1 is 1.42 bits per heavy atom. The summed E-state index contributed by atoms with van der Waals surface area (Å²) in [5, 5.41) is 9.45. The molecule has 1 amide bonds. The van der Waals surface area contributed by atoms with Gasteiger partial charge in [0.1, 0.15) is 5.75 Å². The molecule has 1 unspecified atom stereocenters. The van der Waals surface area contributed by atoms with Crippen LogP contribution in [0.5, 0.6) is 5.75 Å². The third kappa shape index (κ3) is 3.70. The van der Waals surface area contributed by atoms with Gasteiger partial charge in [-0.3, -0.25) is 4.79 Å². The van der Waals surface area contributed by atoms with Crippen molar-refractivity contribution in [3.63, 3.8) is 0 Å². The van der Waals surface area contributed by atoms with E-state index in [1.165, 1.54) is 0 Å². The summed E-state index contributed by atoms with van der Waals surface area (Å²) in [6.45, 7) is 3.90. The molecule has 0 aromatic heterocycles. The number of nitrogens with zero attached hydrogens (tertiary/aromatic N) is 1. The summed E-state index contributed by atoms with van der Waals surface area (Å²) in [6.07, 6.45) is 2.44. The van der Waals surface area contributed by atoms with Gasteiger partial charge in [-0.15, -0.1) is 0 Å². The number of aliphatic hydroxyl groups excluding tert-OH is 1. The molecule has 1 aliphatic heterocycles. The largest absolute Gasteiger partial charge is 0.494 e. The van der Waals surface area contributed by atoms with E-state index >= 15 is 0 Å². The van der Waals surface area contributed by atoms with Gasteiger partial charge in [0.15, 0.2) is 0 Å². The van der Waals surface area contributed by atoms with Gasteiger partial charge < -0.3 is 14.7 Å². The van der Waals surface area contributed by atoms with E-state index in [1.807, 2.05) is 12.1 Å². The second-order valence-electron chi connectivity index (χ2n) is 4.92. The molecule has 0 saturated carbocycles. The number of amides is 1. The molecule has 1 heterocycles. The summed E-state index contributed by atoms with van der Waals surface area (Å²) < 4.78 is 5.56. The Balaban J connectivity index is 1.92. The number of likely N-dealkylation sites (tertiary alicyclic amines) is 1. The van der Waals surface area contributed by atoms with Crippen LogP contribution in [0.4, 0.5) is 0 Å². The fraction of sp³-hybridized carbons (Fsp3) is 0.533. The van der Waals surface area contributed by atoms with Crippen molar-refractivity contribution in [2.24, 2.45) is 0 Å². The Morgan fingerprint density at radius 3 is 2.74 bits per heavy atom. The highest BCUT2D eigenvalue weighted by atomic mass is 16.5. The van der Waals surface area contributed by atoms with Crippen LogP contribution >= 0.6 is 0 Å². The molecular weight excluding hydrogens is 242 g/mol. The molecular formula is C15H21NO3. The number of β-amino-alcohol motifs (C(OH)–C–C–N with tert-alkyl or cyclic N) is 1. The first-order valence-corrected chi connectivity index (χ1v) is 6.91. The molecule has 19 heavy (non-hydrogen) atoms. The molecule has 1 aromatic carbocycles. The summed E-state index contributed by atoms with van der Waals surface area (Å²) in [7, 11) is 0. The van der Waals surface area contributed by atoms with E-state index in [-0.39, 0.29) is 12.0 Å². The van der Waals surface area contributed by atoms with Crippen LogP contribution in [0.15, 0.2) is 24.3 Å². The molecule has 0 bridgehead atoms.